The van der Waals surface area contributed by atoms with Gasteiger partial charge in [-0.2, -0.15) is 0 Å². The standard InChI is InChI=1S/C7H4N6/c1-8-6-2-3-7(9-4-6)13-11-5-10-12-13/h2-5H. The van der Waals surface area contributed by atoms with Crippen molar-refractivity contribution >= 4 is 5.69 Å². The number of aromatic nitrogens is 5. The van der Waals surface area contributed by atoms with E-state index >= 15 is 0 Å². The van der Waals surface area contributed by atoms with Gasteiger partial charge in [0.1, 0.15) is 0 Å². The summed E-state index contributed by atoms with van der Waals surface area (Å²) >= 11 is 0. The predicted molar refractivity (Wildman–Crippen MR) is 43.2 cm³/mol. The molecule has 62 valence electrons. The summed E-state index contributed by atoms with van der Waals surface area (Å²) in [5.74, 6) is 0.546. The number of pyridine rings is 1. The molecular weight excluding hydrogens is 168 g/mol. The van der Waals surface area contributed by atoms with E-state index in [1.54, 1.807) is 12.1 Å². The fraction of sp³-hybridized carbons (Fsp3) is 0. The van der Waals surface area contributed by atoms with Crippen LogP contribution in [0.3, 0.4) is 0 Å². The van der Waals surface area contributed by atoms with Crippen LogP contribution in [0.15, 0.2) is 24.7 Å². The molecule has 0 fully saturated rings. The van der Waals surface area contributed by atoms with E-state index in [-0.39, 0.29) is 0 Å². The molecule has 2 heterocycles. The van der Waals surface area contributed by atoms with Crippen molar-refractivity contribution in [3.05, 3.63) is 36.1 Å². The minimum absolute atomic E-state index is 0.490. The van der Waals surface area contributed by atoms with Crippen LogP contribution in [-0.2, 0) is 0 Å². The van der Waals surface area contributed by atoms with Crippen molar-refractivity contribution in [1.82, 2.24) is 25.2 Å². The molecule has 0 amide bonds. The number of rotatable bonds is 1. The van der Waals surface area contributed by atoms with E-state index in [0.29, 0.717) is 11.5 Å². The molecule has 13 heavy (non-hydrogen) atoms. The van der Waals surface area contributed by atoms with Crippen LogP contribution in [0.25, 0.3) is 10.7 Å². The molecule has 0 aliphatic carbocycles. The molecule has 0 aromatic carbocycles. The number of hydrogen-bond acceptors (Lipinski definition) is 4. The zero-order valence-corrected chi connectivity index (χ0v) is 6.49. The van der Waals surface area contributed by atoms with E-state index in [0.717, 1.165) is 0 Å². The molecule has 0 N–H and O–H groups in total. The summed E-state index contributed by atoms with van der Waals surface area (Å²) in [6.45, 7) is 6.72. The highest BCUT2D eigenvalue weighted by Gasteiger charge is 1.98. The average Bonchev–Trinajstić information content (AvgIpc) is 2.71. The molecule has 0 saturated carbocycles. The van der Waals surface area contributed by atoms with Gasteiger partial charge >= 0.3 is 0 Å². The van der Waals surface area contributed by atoms with Gasteiger partial charge in [0.25, 0.3) is 0 Å². The first kappa shape index (κ1) is 7.36. The van der Waals surface area contributed by atoms with Crippen LogP contribution in [0.1, 0.15) is 0 Å². The van der Waals surface area contributed by atoms with Crippen molar-refractivity contribution in [2.75, 3.05) is 0 Å². The van der Waals surface area contributed by atoms with Gasteiger partial charge in [-0.1, -0.05) is 6.07 Å². The normalized spacial score (nSPS) is 9.46. The van der Waals surface area contributed by atoms with Crippen LogP contribution in [0.2, 0.25) is 0 Å². The van der Waals surface area contributed by atoms with Crippen molar-refractivity contribution < 1.29 is 0 Å². The first-order valence-electron chi connectivity index (χ1n) is 3.47. The van der Waals surface area contributed by atoms with Crippen LogP contribution in [0.4, 0.5) is 5.69 Å². The summed E-state index contributed by atoms with van der Waals surface area (Å²) in [4.78, 5) is 8.48. The second-order valence-electron chi connectivity index (χ2n) is 2.21. The minimum atomic E-state index is 0.490. The molecule has 6 nitrogen and oxygen atoms in total. The summed E-state index contributed by atoms with van der Waals surface area (Å²) in [6.07, 6.45) is 2.79. The number of hydrogen-bond donors (Lipinski definition) is 0. The maximum Gasteiger partial charge on any atom is 0.205 e. The van der Waals surface area contributed by atoms with Crippen molar-refractivity contribution in [2.24, 2.45) is 0 Å². The third-order valence-corrected chi connectivity index (χ3v) is 1.42. The molecule has 2 aromatic heterocycles. The Bertz CT molecular complexity index is 423. The van der Waals surface area contributed by atoms with Crippen molar-refractivity contribution in [3.8, 4) is 5.82 Å². The third kappa shape index (κ3) is 1.35. The number of nitrogens with zero attached hydrogens (tertiary/aromatic N) is 6. The molecule has 0 radical (unpaired) electrons. The van der Waals surface area contributed by atoms with Gasteiger partial charge in [-0.3, -0.25) is 0 Å². The SMILES string of the molecule is [C-]#[N+]c1ccc(-n2ncnn2)nc1. The maximum atomic E-state index is 6.72. The predicted octanol–water partition coefficient (Wildman–Crippen LogP) is 0.608. The lowest BCUT2D eigenvalue weighted by atomic mass is 10.4. The van der Waals surface area contributed by atoms with Crippen LogP contribution in [-0.4, -0.2) is 25.2 Å². The Kier molecular flexibility index (Phi) is 1.69. The Morgan fingerprint density at radius 3 is 2.85 bits per heavy atom. The minimum Gasteiger partial charge on any atom is -0.247 e. The average molecular weight is 172 g/mol. The Hall–Kier alpha value is -2.29. The lowest BCUT2D eigenvalue weighted by Crippen LogP contribution is -2.00. The number of tetrazole rings is 1. The summed E-state index contributed by atoms with van der Waals surface area (Å²) in [5.41, 5.74) is 0.490. The Balaban J connectivity index is 2.40. The molecule has 0 bridgehead atoms. The molecule has 0 saturated heterocycles. The fourth-order valence-electron chi connectivity index (χ4n) is 0.835. The van der Waals surface area contributed by atoms with Crippen LogP contribution in [0.5, 0.6) is 0 Å². The fourth-order valence-corrected chi connectivity index (χ4v) is 0.835. The van der Waals surface area contributed by atoms with E-state index in [9.17, 15) is 0 Å². The van der Waals surface area contributed by atoms with Crippen molar-refractivity contribution in [1.29, 1.82) is 0 Å². The summed E-state index contributed by atoms with van der Waals surface area (Å²) in [5, 5.41) is 11.0. The Morgan fingerprint density at radius 2 is 2.31 bits per heavy atom. The summed E-state index contributed by atoms with van der Waals surface area (Å²) < 4.78 is 0. The van der Waals surface area contributed by atoms with Crippen molar-refractivity contribution in [2.45, 2.75) is 0 Å². The molecule has 0 atom stereocenters. The van der Waals surface area contributed by atoms with Gasteiger partial charge < -0.3 is 0 Å². The molecule has 0 unspecified atom stereocenters. The van der Waals surface area contributed by atoms with E-state index in [1.807, 2.05) is 0 Å². The lowest BCUT2D eigenvalue weighted by molar-refractivity contribution is 0.701. The van der Waals surface area contributed by atoms with Crippen LogP contribution >= 0.6 is 0 Å². The zero-order chi connectivity index (χ0) is 9.10. The monoisotopic (exact) mass is 172 g/mol. The largest absolute Gasteiger partial charge is 0.247 e. The van der Waals surface area contributed by atoms with E-state index < -0.39 is 0 Å². The van der Waals surface area contributed by atoms with Gasteiger partial charge in [0, 0.05) is 6.20 Å². The van der Waals surface area contributed by atoms with E-state index in [1.165, 1.54) is 17.3 Å². The Morgan fingerprint density at radius 1 is 1.38 bits per heavy atom. The van der Waals surface area contributed by atoms with Gasteiger partial charge in [-0.05, 0) is 11.3 Å². The lowest BCUT2D eigenvalue weighted by Gasteiger charge is -1.95. The van der Waals surface area contributed by atoms with Gasteiger partial charge in [0.15, 0.2) is 12.1 Å². The smallest absolute Gasteiger partial charge is 0.205 e. The highest BCUT2D eigenvalue weighted by molar-refractivity contribution is 5.43. The van der Waals surface area contributed by atoms with Crippen LogP contribution < -0.4 is 0 Å². The van der Waals surface area contributed by atoms with Crippen molar-refractivity contribution in [3.63, 3.8) is 0 Å². The highest BCUT2D eigenvalue weighted by Crippen LogP contribution is 2.10. The summed E-state index contributed by atoms with van der Waals surface area (Å²) in [7, 11) is 0. The van der Waals surface area contributed by atoms with Crippen LogP contribution in [0, 0.1) is 6.57 Å². The highest BCUT2D eigenvalue weighted by atomic mass is 15.6. The molecular formula is C7H4N6. The molecule has 2 aromatic rings. The quantitative estimate of drug-likeness (QED) is 0.591. The molecule has 0 aliphatic rings. The molecule has 0 spiro atoms. The molecule has 2 rings (SSSR count). The van der Waals surface area contributed by atoms with Gasteiger partial charge in [-0.25, -0.2) is 9.83 Å². The Labute approximate surface area is 73.7 Å². The first-order valence-corrected chi connectivity index (χ1v) is 3.47. The van der Waals surface area contributed by atoms with E-state index in [2.05, 4.69) is 25.2 Å². The molecule has 6 heteroatoms. The molecule has 0 aliphatic heterocycles. The summed E-state index contributed by atoms with van der Waals surface area (Å²) in [6, 6.07) is 3.31. The first-order chi connectivity index (χ1) is 6.40. The van der Waals surface area contributed by atoms with Gasteiger partial charge in [0.2, 0.25) is 5.69 Å². The van der Waals surface area contributed by atoms with Gasteiger partial charge in [-0.15, -0.1) is 15.0 Å². The van der Waals surface area contributed by atoms with Gasteiger partial charge in [0.05, 0.1) is 6.57 Å². The second-order valence-corrected chi connectivity index (χ2v) is 2.21. The third-order valence-electron chi connectivity index (χ3n) is 1.42. The van der Waals surface area contributed by atoms with E-state index in [4.69, 9.17) is 6.57 Å². The maximum absolute atomic E-state index is 6.72. The topological polar surface area (TPSA) is 60.9 Å². The second kappa shape index (κ2) is 2.98. The zero-order valence-electron chi connectivity index (χ0n) is 6.49.